The van der Waals surface area contributed by atoms with E-state index in [0.717, 1.165) is 5.69 Å². The van der Waals surface area contributed by atoms with Crippen LogP contribution in [0, 0.1) is 0 Å². The lowest BCUT2D eigenvalue weighted by atomic mass is 10.4. The van der Waals surface area contributed by atoms with Crippen LogP contribution < -0.4 is 0 Å². The summed E-state index contributed by atoms with van der Waals surface area (Å²) in [5.41, 5.74) is 0.765. The van der Waals surface area contributed by atoms with Gasteiger partial charge in [-0.1, -0.05) is 0 Å². The van der Waals surface area contributed by atoms with Crippen LogP contribution in [0.2, 0.25) is 0 Å². The van der Waals surface area contributed by atoms with Gasteiger partial charge in [-0.25, -0.2) is 9.97 Å². The van der Waals surface area contributed by atoms with Crippen LogP contribution in [-0.2, 0) is 6.54 Å². The number of aromatic nitrogens is 2. The minimum absolute atomic E-state index is 0.408. The zero-order chi connectivity index (χ0) is 8.97. The van der Waals surface area contributed by atoms with Crippen molar-refractivity contribution in [2.75, 3.05) is 7.05 Å². The lowest BCUT2D eigenvalue weighted by Gasteiger charge is -2.11. The number of carbonyl (C=O) groups excluding carboxylic acids is 1. The average Bonchev–Trinajstić information content (AvgIpc) is 2.06. The summed E-state index contributed by atoms with van der Waals surface area (Å²) in [6.45, 7) is 0.408. The first-order valence-corrected chi connectivity index (χ1v) is 3.73. The van der Waals surface area contributed by atoms with Gasteiger partial charge in [-0.2, -0.15) is 0 Å². The zero-order valence-electron chi connectivity index (χ0n) is 6.57. The molecule has 0 aliphatic rings. The molecule has 1 aromatic heterocycles. The molecule has 5 heteroatoms. The minimum atomic E-state index is -0.492. The van der Waals surface area contributed by atoms with Crippen molar-refractivity contribution in [3.8, 4) is 0 Å². The quantitative estimate of drug-likeness (QED) is 0.515. The van der Waals surface area contributed by atoms with E-state index in [1.54, 1.807) is 19.3 Å². The molecule has 0 fully saturated rings. The smallest absolute Gasteiger partial charge is 0.316 e. The average molecular weight is 186 g/mol. The molecule has 4 nitrogen and oxygen atoms in total. The third-order valence-electron chi connectivity index (χ3n) is 1.34. The van der Waals surface area contributed by atoms with Gasteiger partial charge in [-0.15, -0.1) is 0 Å². The first-order chi connectivity index (χ1) is 5.70. The SMILES string of the molecule is CN(Cc1ccncn1)C(=O)Cl. The van der Waals surface area contributed by atoms with Crippen molar-refractivity contribution in [1.82, 2.24) is 14.9 Å². The van der Waals surface area contributed by atoms with Crippen LogP contribution in [-0.4, -0.2) is 27.3 Å². The molecular formula is C7H8ClN3O. The Kier molecular flexibility index (Phi) is 2.99. The molecule has 0 aliphatic carbocycles. The second-order valence-electron chi connectivity index (χ2n) is 2.31. The van der Waals surface area contributed by atoms with Gasteiger partial charge in [0.25, 0.3) is 0 Å². The predicted octanol–water partition coefficient (Wildman–Crippen LogP) is 1.27. The van der Waals surface area contributed by atoms with Crippen LogP contribution in [0.4, 0.5) is 4.79 Å². The van der Waals surface area contributed by atoms with Crippen molar-refractivity contribution >= 4 is 17.0 Å². The summed E-state index contributed by atoms with van der Waals surface area (Å²) < 4.78 is 0. The molecule has 0 saturated heterocycles. The molecule has 0 N–H and O–H groups in total. The van der Waals surface area contributed by atoms with E-state index in [1.807, 2.05) is 0 Å². The van der Waals surface area contributed by atoms with Gasteiger partial charge in [-0.3, -0.25) is 4.79 Å². The van der Waals surface area contributed by atoms with Gasteiger partial charge >= 0.3 is 5.37 Å². The van der Waals surface area contributed by atoms with E-state index >= 15 is 0 Å². The zero-order valence-corrected chi connectivity index (χ0v) is 7.32. The molecule has 64 valence electrons. The molecule has 0 aromatic carbocycles. The Balaban J connectivity index is 2.58. The fourth-order valence-corrected chi connectivity index (χ4v) is 0.777. The summed E-state index contributed by atoms with van der Waals surface area (Å²) in [6.07, 6.45) is 3.05. The molecule has 0 spiro atoms. The lowest BCUT2D eigenvalue weighted by Crippen LogP contribution is -2.20. The van der Waals surface area contributed by atoms with Crippen molar-refractivity contribution in [3.63, 3.8) is 0 Å². The molecule has 12 heavy (non-hydrogen) atoms. The number of hydrogen-bond acceptors (Lipinski definition) is 3. The molecule has 1 aromatic rings. The van der Waals surface area contributed by atoms with Crippen molar-refractivity contribution in [2.24, 2.45) is 0 Å². The highest BCUT2D eigenvalue weighted by atomic mass is 35.5. The van der Waals surface area contributed by atoms with Gasteiger partial charge in [0.05, 0.1) is 12.2 Å². The van der Waals surface area contributed by atoms with Gasteiger partial charge in [-0.05, 0) is 17.7 Å². The van der Waals surface area contributed by atoms with Crippen LogP contribution in [0.25, 0.3) is 0 Å². The monoisotopic (exact) mass is 185 g/mol. The summed E-state index contributed by atoms with van der Waals surface area (Å²) >= 11 is 5.22. The van der Waals surface area contributed by atoms with E-state index in [1.165, 1.54) is 11.2 Å². The summed E-state index contributed by atoms with van der Waals surface area (Å²) in [6, 6.07) is 1.73. The van der Waals surface area contributed by atoms with E-state index in [9.17, 15) is 4.79 Å². The Morgan fingerprint density at radius 1 is 1.75 bits per heavy atom. The summed E-state index contributed by atoms with van der Waals surface area (Å²) in [5, 5.41) is -0.492. The maximum Gasteiger partial charge on any atom is 0.316 e. The second kappa shape index (κ2) is 4.01. The van der Waals surface area contributed by atoms with E-state index in [0.29, 0.717) is 6.54 Å². The van der Waals surface area contributed by atoms with Gasteiger partial charge in [0.2, 0.25) is 0 Å². The van der Waals surface area contributed by atoms with Crippen LogP contribution >= 0.6 is 11.6 Å². The van der Waals surface area contributed by atoms with Crippen LogP contribution in [0.5, 0.6) is 0 Å². The summed E-state index contributed by atoms with van der Waals surface area (Å²) in [7, 11) is 1.61. The largest absolute Gasteiger partial charge is 0.326 e. The normalized spacial score (nSPS) is 9.50. The van der Waals surface area contributed by atoms with Gasteiger partial charge < -0.3 is 4.90 Å². The Hall–Kier alpha value is -1.16. The molecule has 1 amide bonds. The van der Waals surface area contributed by atoms with Crippen LogP contribution in [0.1, 0.15) is 5.69 Å². The standard InChI is InChI=1S/C7H8ClN3O/c1-11(7(8)12)4-6-2-3-9-5-10-6/h2-3,5H,4H2,1H3. The molecule has 0 bridgehead atoms. The highest BCUT2D eigenvalue weighted by molar-refractivity contribution is 6.62. The molecule has 0 atom stereocenters. The second-order valence-corrected chi connectivity index (χ2v) is 2.63. The first kappa shape index (κ1) is 8.93. The van der Waals surface area contributed by atoms with Gasteiger partial charge in [0, 0.05) is 13.2 Å². The molecular weight excluding hydrogens is 178 g/mol. The number of amides is 1. The predicted molar refractivity (Wildman–Crippen MR) is 44.7 cm³/mol. The fraction of sp³-hybridized carbons (Fsp3) is 0.286. The van der Waals surface area contributed by atoms with Gasteiger partial charge in [0.1, 0.15) is 6.33 Å². The number of rotatable bonds is 2. The Morgan fingerprint density at radius 2 is 2.50 bits per heavy atom. The van der Waals surface area contributed by atoms with Crippen molar-refractivity contribution in [1.29, 1.82) is 0 Å². The number of carbonyl (C=O) groups is 1. The molecule has 0 saturated carbocycles. The Morgan fingerprint density at radius 3 is 3.00 bits per heavy atom. The molecule has 0 unspecified atom stereocenters. The van der Waals surface area contributed by atoms with E-state index in [4.69, 9.17) is 11.6 Å². The number of hydrogen-bond donors (Lipinski definition) is 0. The third-order valence-corrected chi connectivity index (χ3v) is 1.63. The van der Waals surface area contributed by atoms with Gasteiger partial charge in [0.15, 0.2) is 0 Å². The van der Waals surface area contributed by atoms with E-state index in [-0.39, 0.29) is 0 Å². The Bertz CT molecular complexity index is 265. The van der Waals surface area contributed by atoms with Crippen LogP contribution in [0.3, 0.4) is 0 Å². The van der Waals surface area contributed by atoms with Crippen molar-refractivity contribution in [2.45, 2.75) is 6.54 Å². The first-order valence-electron chi connectivity index (χ1n) is 3.35. The maximum atomic E-state index is 10.6. The minimum Gasteiger partial charge on any atom is -0.326 e. The molecule has 0 aliphatic heterocycles. The van der Waals surface area contributed by atoms with E-state index < -0.39 is 5.37 Å². The van der Waals surface area contributed by atoms with E-state index in [2.05, 4.69) is 9.97 Å². The topological polar surface area (TPSA) is 46.1 Å². The highest BCUT2D eigenvalue weighted by Crippen LogP contribution is 2.00. The van der Waals surface area contributed by atoms with Crippen LogP contribution in [0.15, 0.2) is 18.6 Å². The molecule has 0 radical (unpaired) electrons. The summed E-state index contributed by atoms with van der Waals surface area (Å²) in [5.74, 6) is 0. The Labute approximate surface area is 75.2 Å². The summed E-state index contributed by atoms with van der Waals surface area (Å²) in [4.78, 5) is 19.6. The lowest BCUT2D eigenvalue weighted by molar-refractivity contribution is 0.230. The highest BCUT2D eigenvalue weighted by Gasteiger charge is 2.04. The van der Waals surface area contributed by atoms with Crippen molar-refractivity contribution < 1.29 is 4.79 Å². The maximum absolute atomic E-state index is 10.6. The van der Waals surface area contributed by atoms with Crippen molar-refractivity contribution in [3.05, 3.63) is 24.3 Å². The number of halogens is 1. The fourth-order valence-electron chi connectivity index (χ4n) is 0.717. The molecule has 1 heterocycles. The third kappa shape index (κ3) is 2.47. The molecule has 1 rings (SSSR count). The number of nitrogens with zero attached hydrogens (tertiary/aromatic N) is 3.